The molecule has 0 bridgehead atoms. The zero-order valence-corrected chi connectivity index (χ0v) is 11.4. The van der Waals surface area contributed by atoms with Crippen LogP contribution in [0.15, 0.2) is 24.3 Å². The second-order valence-corrected chi connectivity index (χ2v) is 5.00. The van der Waals surface area contributed by atoms with Crippen LogP contribution in [0.3, 0.4) is 0 Å². The lowest BCUT2D eigenvalue weighted by Gasteiger charge is -2.31. The molecule has 0 radical (unpaired) electrons. The first-order valence-electron chi connectivity index (χ1n) is 6.58. The van der Waals surface area contributed by atoms with Crippen LogP contribution in [0.4, 0.5) is 4.79 Å². The van der Waals surface area contributed by atoms with Gasteiger partial charge in [0.25, 0.3) is 0 Å². The predicted molar refractivity (Wildman–Crippen MR) is 74.7 cm³/mol. The Kier molecular flexibility index (Phi) is 4.42. The summed E-state index contributed by atoms with van der Waals surface area (Å²) in [5.41, 5.74) is 7.46. The first-order valence-corrected chi connectivity index (χ1v) is 6.58. The molecule has 0 spiro atoms. The van der Waals surface area contributed by atoms with Crippen molar-refractivity contribution in [3.63, 3.8) is 0 Å². The number of carbonyl (C=O) groups is 3. The number of nitrogens with one attached hydrogen (secondary N) is 1. The first-order chi connectivity index (χ1) is 9.97. The van der Waals surface area contributed by atoms with E-state index in [2.05, 4.69) is 5.32 Å². The Morgan fingerprint density at radius 3 is 2.62 bits per heavy atom. The van der Waals surface area contributed by atoms with E-state index in [1.54, 1.807) is 0 Å². The lowest BCUT2D eigenvalue weighted by molar-refractivity contribution is -0.137. The van der Waals surface area contributed by atoms with Crippen LogP contribution in [-0.4, -0.2) is 47.5 Å². The maximum atomic E-state index is 11.9. The summed E-state index contributed by atoms with van der Waals surface area (Å²) in [7, 11) is 0. The number of hydrogen-bond acceptors (Lipinski definition) is 3. The number of carboxylic acids is 1. The number of nitrogens with zero attached hydrogens (tertiary/aromatic N) is 1. The van der Waals surface area contributed by atoms with E-state index in [1.807, 2.05) is 24.3 Å². The van der Waals surface area contributed by atoms with Crippen LogP contribution in [0.25, 0.3) is 0 Å². The van der Waals surface area contributed by atoms with E-state index >= 15 is 0 Å². The minimum Gasteiger partial charge on any atom is -0.480 e. The summed E-state index contributed by atoms with van der Waals surface area (Å²) in [6.45, 7) is -0.569. The van der Waals surface area contributed by atoms with Crippen molar-refractivity contribution in [3.05, 3.63) is 35.4 Å². The summed E-state index contributed by atoms with van der Waals surface area (Å²) in [4.78, 5) is 34.4. The summed E-state index contributed by atoms with van der Waals surface area (Å²) in [5, 5.41) is 11.4. The van der Waals surface area contributed by atoms with Gasteiger partial charge in [0.05, 0.1) is 0 Å². The molecule has 0 heterocycles. The van der Waals surface area contributed by atoms with Gasteiger partial charge >= 0.3 is 12.0 Å². The average Bonchev–Trinajstić information content (AvgIpc) is 2.37. The monoisotopic (exact) mass is 291 g/mol. The van der Waals surface area contributed by atoms with E-state index in [4.69, 9.17) is 10.8 Å². The zero-order chi connectivity index (χ0) is 15.4. The number of nitrogens with two attached hydrogens (primary N) is 1. The third-order valence-corrected chi connectivity index (χ3v) is 3.42. The third kappa shape index (κ3) is 3.71. The van der Waals surface area contributed by atoms with Crippen LogP contribution in [0.5, 0.6) is 0 Å². The standard InChI is InChI=1S/C14H17N3O4/c15-12(18)7-17(8-13(19)20)14(21)16-6-10-5-9-3-1-2-4-11(9)10/h1-4,10H,5-8H2,(H2,15,18)(H,16,21)(H,19,20). The number of amides is 3. The molecular weight excluding hydrogens is 274 g/mol. The van der Waals surface area contributed by atoms with Crippen molar-refractivity contribution in [2.24, 2.45) is 5.73 Å². The van der Waals surface area contributed by atoms with E-state index in [-0.39, 0.29) is 5.92 Å². The Morgan fingerprint density at radius 1 is 1.29 bits per heavy atom. The highest BCUT2D eigenvalue weighted by molar-refractivity contribution is 5.85. The second kappa shape index (κ2) is 6.25. The normalized spacial score (nSPS) is 15.5. The largest absolute Gasteiger partial charge is 0.480 e. The Morgan fingerprint density at radius 2 is 2.00 bits per heavy atom. The van der Waals surface area contributed by atoms with E-state index in [0.29, 0.717) is 6.54 Å². The third-order valence-electron chi connectivity index (χ3n) is 3.42. The summed E-state index contributed by atoms with van der Waals surface area (Å²) < 4.78 is 0. The zero-order valence-electron chi connectivity index (χ0n) is 11.4. The lowest BCUT2D eigenvalue weighted by atomic mass is 9.78. The molecule has 0 aromatic heterocycles. The van der Waals surface area contributed by atoms with Gasteiger partial charge in [0.2, 0.25) is 5.91 Å². The van der Waals surface area contributed by atoms with Crippen molar-refractivity contribution in [3.8, 4) is 0 Å². The van der Waals surface area contributed by atoms with Crippen LogP contribution in [0.1, 0.15) is 17.0 Å². The van der Waals surface area contributed by atoms with Gasteiger partial charge in [-0.2, -0.15) is 0 Å². The fourth-order valence-corrected chi connectivity index (χ4v) is 2.42. The molecule has 1 aromatic rings. The Labute approximate surface area is 121 Å². The van der Waals surface area contributed by atoms with Crippen LogP contribution >= 0.6 is 0 Å². The van der Waals surface area contributed by atoms with E-state index in [9.17, 15) is 14.4 Å². The smallest absolute Gasteiger partial charge is 0.323 e. The Balaban J connectivity index is 1.88. The van der Waals surface area contributed by atoms with Crippen LogP contribution in [0, 0.1) is 0 Å². The van der Waals surface area contributed by atoms with Crippen molar-refractivity contribution in [2.45, 2.75) is 12.3 Å². The quantitative estimate of drug-likeness (QED) is 0.679. The highest BCUT2D eigenvalue weighted by Crippen LogP contribution is 2.33. The molecule has 7 nitrogen and oxygen atoms in total. The van der Waals surface area contributed by atoms with Gasteiger partial charge in [0, 0.05) is 12.5 Å². The van der Waals surface area contributed by atoms with E-state index in [1.165, 1.54) is 11.1 Å². The van der Waals surface area contributed by atoms with Crippen LogP contribution in [-0.2, 0) is 16.0 Å². The molecular formula is C14H17N3O4. The van der Waals surface area contributed by atoms with Crippen LogP contribution < -0.4 is 11.1 Å². The number of carboxylic acid groups (broad SMARTS) is 1. The van der Waals surface area contributed by atoms with Gasteiger partial charge in [-0.05, 0) is 17.5 Å². The van der Waals surface area contributed by atoms with Gasteiger partial charge in [-0.1, -0.05) is 24.3 Å². The highest BCUT2D eigenvalue weighted by atomic mass is 16.4. The number of carbonyl (C=O) groups excluding carboxylic acids is 2. The molecule has 1 aromatic carbocycles. The minimum absolute atomic E-state index is 0.227. The number of aliphatic carboxylic acids is 1. The lowest BCUT2D eigenvalue weighted by Crippen LogP contribution is -2.48. The molecule has 1 unspecified atom stereocenters. The maximum Gasteiger partial charge on any atom is 0.323 e. The van der Waals surface area contributed by atoms with Crippen molar-refractivity contribution >= 4 is 17.9 Å². The molecule has 7 heteroatoms. The number of benzene rings is 1. The highest BCUT2D eigenvalue weighted by Gasteiger charge is 2.26. The average molecular weight is 291 g/mol. The van der Waals surface area contributed by atoms with Crippen molar-refractivity contribution in [2.75, 3.05) is 19.6 Å². The molecule has 1 atom stereocenters. The summed E-state index contributed by atoms with van der Waals surface area (Å²) in [6, 6.07) is 7.36. The first kappa shape index (κ1) is 14.8. The molecule has 0 saturated heterocycles. The predicted octanol–water partition coefficient (Wildman–Crippen LogP) is -0.0922. The van der Waals surface area contributed by atoms with Crippen molar-refractivity contribution < 1.29 is 19.5 Å². The van der Waals surface area contributed by atoms with Gasteiger partial charge < -0.3 is 21.1 Å². The van der Waals surface area contributed by atoms with Gasteiger partial charge in [-0.3, -0.25) is 9.59 Å². The molecule has 0 aliphatic heterocycles. The molecule has 3 amide bonds. The molecule has 0 saturated carbocycles. The summed E-state index contributed by atoms with van der Waals surface area (Å²) in [5.74, 6) is -1.72. The van der Waals surface area contributed by atoms with Crippen molar-refractivity contribution in [1.82, 2.24) is 10.2 Å². The number of hydrogen-bond donors (Lipinski definition) is 3. The van der Waals surface area contributed by atoms with Gasteiger partial charge in [0.15, 0.2) is 0 Å². The number of fused-ring (bicyclic) bond motifs is 1. The second-order valence-electron chi connectivity index (χ2n) is 5.00. The van der Waals surface area contributed by atoms with Gasteiger partial charge in [0.1, 0.15) is 13.1 Å². The SMILES string of the molecule is NC(=O)CN(CC(=O)O)C(=O)NCC1Cc2ccccc21. The number of urea groups is 1. The Bertz CT molecular complexity index is 557. The van der Waals surface area contributed by atoms with Gasteiger partial charge in [-0.15, -0.1) is 0 Å². The molecule has 1 aliphatic carbocycles. The van der Waals surface area contributed by atoms with E-state index < -0.39 is 31.0 Å². The molecule has 21 heavy (non-hydrogen) atoms. The molecule has 4 N–H and O–H groups in total. The van der Waals surface area contributed by atoms with Crippen LogP contribution in [0.2, 0.25) is 0 Å². The minimum atomic E-state index is -1.19. The molecule has 0 fully saturated rings. The molecule has 1 aliphatic rings. The number of rotatable bonds is 6. The molecule has 2 rings (SSSR count). The van der Waals surface area contributed by atoms with Crippen molar-refractivity contribution in [1.29, 1.82) is 0 Å². The fourth-order valence-electron chi connectivity index (χ4n) is 2.42. The summed E-state index contributed by atoms with van der Waals surface area (Å²) in [6.07, 6.45) is 0.880. The van der Waals surface area contributed by atoms with E-state index in [0.717, 1.165) is 11.3 Å². The number of primary amides is 1. The van der Waals surface area contributed by atoms with Gasteiger partial charge in [-0.25, -0.2) is 4.79 Å². The fraction of sp³-hybridized carbons (Fsp3) is 0.357. The summed E-state index contributed by atoms with van der Waals surface area (Å²) >= 11 is 0. The molecule has 112 valence electrons. The maximum absolute atomic E-state index is 11.9. The topological polar surface area (TPSA) is 113 Å². The Hall–Kier alpha value is -2.57.